The molecule has 1 heterocycles. The Bertz CT molecular complexity index is 501. The van der Waals surface area contributed by atoms with Crippen molar-refractivity contribution in [3.8, 4) is 0 Å². The Kier molecular flexibility index (Phi) is 6.19. The fourth-order valence-electron chi connectivity index (χ4n) is 1.20. The zero-order chi connectivity index (χ0) is 15.1. The van der Waals surface area contributed by atoms with Gasteiger partial charge in [-0.2, -0.15) is 0 Å². The van der Waals surface area contributed by atoms with Gasteiger partial charge in [0, 0.05) is 12.6 Å². The third-order valence-electron chi connectivity index (χ3n) is 2.06. The summed E-state index contributed by atoms with van der Waals surface area (Å²) in [5.74, 6) is -0.702. The number of amides is 1. The quantitative estimate of drug-likeness (QED) is 0.358. The second kappa shape index (κ2) is 7.65. The van der Waals surface area contributed by atoms with Gasteiger partial charge in [-0.25, -0.2) is 13.8 Å². The van der Waals surface area contributed by atoms with E-state index in [-0.39, 0.29) is 29.6 Å². The molecule has 0 saturated carbocycles. The number of hydrogen-bond acceptors (Lipinski definition) is 5. The van der Waals surface area contributed by atoms with Crippen LogP contribution < -0.4 is 5.32 Å². The summed E-state index contributed by atoms with van der Waals surface area (Å²) in [7, 11) is 0. The Morgan fingerprint density at radius 1 is 1.60 bits per heavy atom. The third kappa shape index (κ3) is 5.02. The number of carbonyl (C=O) groups excluding carboxylic acids is 1. The van der Waals surface area contributed by atoms with Crippen molar-refractivity contribution in [2.75, 3.05) is 19.8 Å². The van der Waals surface area contributed by atoms with E-state index in [1.165, 1.54) is 0 Å². The van der Waals surface area contributed by atoms with E-state index in [0.717, 1.165) is 12.3 Å². The van der Waals surface area contributed by atoms with Gasteiger partial charge in [0.1, 0.15) is 18.0 Å². The van der Waals surface area contributed by atoms with Crippen molar-refractivity contribution in [3.63, 3.8) is 0 Å². The van der Waals surface area contributed by atoms with Gasteiger partial charge in [0.2, 0.25) is 0 Å². The van der Waals surface area contributed by atoms with Crippen molar-refractivity contribution in [2.45, 2.75) is 6.43 Å². The molecule has 0 radical (unpaired) electrons. The number of alkyl halides is 2. The molecule has 1 N–H and O–H groups in total. The van der Waals surface area contributed by atoms with E-state index in [9.17, 15) is 23.7 Å². The molecule has 0 bridgehead atoms. The first kappa shape index (κ1) is 16.2. The van der Waals surface area contributed by atoms with Crippen molar-refractivity contribution in [1.29, 1.82) is 0 Å². The van der Waals surface area contributed by atoms with Crippen LogP contribution in [0.4, 0.5) is 14.5 Å². The van der Waals surface area contributed by atoms with Gasteiger partial charge in [-0.05, 0) is 0 Å². The van der Waals surface area contributed by atoms with E-state index in [2.05, 4.69) is 15.0 Å². The molecule has 1 aromatic heterocycles. The zero-order valence-electron chi connectivity index (χ0n) is 10.0. The summed E-state index contributed by atoms with van der Waals surface area (Å²) in [6.45, 7) is -0.879. The van der Waals surface area contributed by atoms with E-state index < -0.39 is 23.9 Å². The molecule has 10 heteroatoms. The highest BCUT2D eigenvalue weighted by molar-refractivity contribution is 6.32. The monoisotopic (exact) mass is 309 g/mol. The van der Waals surface area contributed by atoms with Crippen LogP contribution in [0, 0.1) is 10.1 Å². The molecule has 0 aliphatic rings. The van der Waals surface area contributed by atoms with Gasteiger partial charge in [-0.1, -0.05) is 11.6 Å². The molecular formula is C10H10ClF2N3O4. The van der Waals surface area contributed by atoms with E-state index in [1.807, 2.05) is 0 Å². The third-order valence-corrected chi connectivity index (χ3v) is 2.36. The van der Waals surface area contributed by atoms with Gasteiger partial charge in [0.15, 0.2) is 0 Å². The number of halogens is 3. The summed E-state index contributed by atoms with van der Waals surface area (Å²) in [6, 6.07) is 0.977. The van der Waals surface area contributed by atoms with Gasteiger partial charge < -0.3 is 10.1 Å². The largest absolute Gasteiger partial charge is 0.374 e. The summed E-state index contributed by atoms with van der Waals surface area (Å²) in [5.41, 5.74) is -0.553. The van der Waals surface area contributed by atoms with E-state index in [4.69, 9.17) is 11.6 Å². The number of carbonyl (C=O) groups is 1. The summed E-state index contributed by atoms with van der Waals surface area (Å²) in [5, 5.41) is 12.7. The first-order chi connectivity index (χ1) is 9.41. The number of aromatic nitrogens is 1. The van der Waals surface area contributed by atoms with Crippen molar-refractivity contribution in [1.82, 2.24) is 10.3 Å². The SMILES string of the molecule is O=C(NCCOCC(F)F)c1cc([N+](=O)[O-])cnc1Cl. The first-order valence-electron chi connectivity index (χ1n) is 5.36. The lowest BCUT2D eigenvalue weighted by Gasteiger charge is -2.07. The smallest absolute Gasteiger partial charge is 0.288 e. The summed E-state index contributed by atoms with van der Waals surface area (Å²) in [6.07, 6.45) is -1.66. The van der Waals surface area contributed by atoms with Crippen LogP contribution in [0.15, 0.2) is 12.3 Å². The molecule has 110 valence electrons. The molecule has 0 aromatic carbocycles. The molecule has 0 aliphatic heterocycles. The van der Waals surface area contributed by atoms with E-state index >= 15 is 0 Å². The molecule has 0 spiro atoms. The topological polar surface area (TPSA) is 94.4 Å². The molecule has 20 heavy (non-hydrogen) atoms. The highest BCUT2D eigenvalue weighted by Gasteiger charge is 2.16. The van der Waals surface area contributed by atoms with Crippen LogP contribution in [-0.4, -0.2) is 42.0 Å². The minimum atomic E-state index is -2.58. The Morgan fingerprint density at radius 2 is 2.30 bits per heavy atom. The molecule has 1 rings (SSSR count). The predicted molar refractivity (Wildman–Crippen MR) is 65.1 cm³/mol. The maximum atomic E-state index is 11.8. The van der Waals surface area contributed by atoms with Crippen LogP contribution >= 0.6 is 11.6 Å². The lowest BCUT2D eigenvalue weighted by molar-refractivity contribution is -0.385. The molecule has 0 aliphatic carbocycles. The molecule has 0 unspecified atom stereocenters. The zero-order valence-corrected chi connectivity index (χ0v) is 10.8. The molecule has 1 aromatic rings. The first-order valence-corrected chi connectivity index (χ1v) is 5.73. The Hall–Kier alpha value is -1.87. The maximum Gasteiger partial charge on any atom is 0.288 e. The average molecular weight is 310 g/mol. The second-order valence-electron chi connectivity index (χ2n) is 3.51. The van der Waals surface area contributed by atoms with E-state index in [1.54, 1.807) is 0 Å². The van der Waals surface area contributed by atoms with Crippen LogP contribution in [0.2, 0.25) is 5.15 Å². The van der Waals surface area contributed by atoms with Crippen molar-refractivity contribution in [2.24, 2.45) is 0 Å². The fraction of sp³-hybridized carbons (Fsp3) is 0.400. The number of rotatable bonds is 7. The number of nitrogens with zero attached hydrogens (tertiary/aromatic N) is 2. The number of pyridine rings is 1. The van der Waals surface area contributed by atoms with Crippen LogP contribution in [0.25, 0.3) is 0 Å². The Labute approximate surface area is 117 Å². The normalized spacial score (nSPS) is 10.6. The average Bonchev–Trinajstić information content (AvgIpc) is 2.37. The summed E-state index contributed by atoms with van der Waals surface area (Å²) >= 11 is 5.65. The molecular weight excluding hydrogens is 300 g/mol. The molecule has 1 amide bonds. The highest BCUT2D eigenvalue weighted by atomic mass is 35.5. The number of ether oxygens (including phenoxy) is 1. The van der Waals surface area contributed by atoms with Gasteiger partial charge in [0.25, 0.3) is 18.0 Å². The Morgan fingerprint density at radius 3 is 2.90 bits per heavy atom. The lowest BCUT2D eigenvalue weighted by Crippen LogP contribution is -2.28. The van der Waals surface area contributed by atoms with Crippen LogP contribution in [0.1, 0.15) is 10.4 Å². The number of nitro groups is 1. The minimum Gasteiger partial charge on any atom is -0.374 e. The summed E-state index contributed by atoms with van der Waals surface area (Å²) < 4.78 is 28.1. The van der Waals surface area contributed by atoms with Gasteiger partial charge in [-0.3, -0.25) is 14.9 Å². The van der Waals surface area contributed by atoms with Crippen LogP contribution in [0.3, 0.4) is 0 Å². The molecule has 0 saturated heterocycles. The maximum absolute atomic E-state index is 11.8. The van der Waals surface area contributed by atoms with Crippen LogP contribution in [0.5, 0.6) is 0 Å². The highest BCUT2D eigenvalue weighted by Crippen LogP contribution is 2.18. The Balaban J connectivity index is 2.55. The van der Waals surface area contributed by atoms with Gasteiger partial charge in [0.05, 0.1) is 17.1 Å². The molecule has 0 atom stereocenters. The van der Waals surface area contributed by atoms with Gasteiger partial charge >= 0.3 is 0 Å². The number of nitrogens with one attached hydrogen (secondary N) is 1. The van der Waals surface area contributed by atoms with E-state index in [0.29, 0.717) is 0 Å². The van der Waals surface area contributed by atoms with Crippen molar-refractivity contribution >= 4 is 23.2 Å². The lowest BCUT2D eigenvalue weighted by atomic mass is 10.2. The van der Waals surface area contributed by atoms with Crippen LogP contribution in [-0.2, 0) is 4.74 Å². The standard InChI is InChI=1S/C10H10ClF2N3O4/c11-9-7(3-6(4-15-9)16(18)19)10(17)14-1-2-20-5-8(12)13/h3-4,8H,1-2,5H2,(H,14,17). The summed E-state index contributed by atoms with van der Waals surface area (Å²) in [4.78, 5) is 25.0. The van der Waals surface area contributed by atoms with Crippen molar-refractivity contribution in [3.05, 3.63) is 33.1 Å². The molecule has 7 nitrogen and oxygen atoms in total. The second-order valence-corrected chi connectivity index (χ2v) is 3.87. The number of hydrogen-bond donors (Lipinski definition) is 1. The van der Waals surface area contributed by atoms with Crippen molar-refractivity contribution < 1.29 is 23.2 Å². The van der Waals surface area contributed by atoms with Gasteiger partial charge in [-0.15, -0.1) is 0 Å². The minimum absolute atomic E-state index is 0.0371. The predicted octanol–water partition coefficient (Wildman–Crippen LogP) is 1.65. The molecule has 0 fully saturated rings. The fourth-order valence-corrected chi connectivity index (χ4v) is 1.39.